The molecule has 2 aromatic rings. The number of rotatable bonds is 10. The highest BCUT2D eigenvalue weighted by Crippen LogP contribution is 2.34. The molecule has 0 aliphatic heterocycles. The first kappa shape index (κ1) is 25.6. The molecule has 0 heterocycles. The Bertz CT molecular complexity index is 946. The maximum atomic E-state index is 12.7. The molecule has 8 heteroatoms. The molecule has 0 aliphatic carbocycles. The van der Waals surface area contributed by atoms with E-state index in [1.165, 1.54) is 6.21 Å². The van der Waals surface area contributed by atoms with Crippen LogP contribution in [-0.4, -0.2) is 36.8 Å². The number of hydrogen-bond donors (Lipinski definition) is 2. The van der Waals surface area contributed by atoms with E-state index in [0.29, 0.717) is 23.7 Å². The van der Waals surface area contributed by atoms with Crippen LogP contribution in [-0.2, 0) is 4.79 Å². The van der Waals surface area contributed by atoms with Gasteiger partial charge in [-0.1, -0.05) is 32.0 Å². The third kappa shape index (κ3) is 7.51. The summed E-state index contributed by atoms with van der Waals surface area (Å²) in [6.07, 6.45) is 1.55. The summed E-state index contributed by atoms with van der Waals surface area (Å²) >= 11 is 2.19. The molecular weight excluding hydrogens is 521 g/mol. The number of carbonyl (C=O) groups is 2. The van der Waals surface area contributed by atoms with Crippen LogP contribution in [0.5, 0.6) is 11.5 Å². The van der Waals surface area contributed by atoms with Crippen molar-refractivity contribution in [1.82, 2.24) is 10.7 Å². The number of ether oxygens (including phenoxy) is 2. The van der Waals surface area contributed by atoms with Crippen molar-refractivity contribution in [1.29, 1.82) is 0 Å². The third-order valence-corrected chi connectivity index (χ3v) is 5.15. The van der Waals surface area contributed by atoms with E-state index in [-0.39, 0.29) is 23.8 Å². The number of carbonyl (C=O) groups excluding carboxylic acids is 2. The highest BCUT2D eigenvalue weighted by molar-refractivity contribution is 14.1. The van der Waals surface area contributed by atoms with Gasteiger partial charge in [0.15, 0.2) is 11.5 Å². The molecule has 2 N–H and O–H groups in total. The number of nitrogens with one attached hydrogen (secondary N) is 2. The third-order valence-electron chi connectivity index (χ3n) is 4.35. The summed E-state index contributed by atoms with van der Waals surface area (Å²) in [5.74, 6) is 0.499. The molecule has 7 nitrogen and oxygen atoms in total. The van der Waals surface area contributed by atoms with E-state index < -0.39 is 6.04 Å². The Labute approximate surface area is 203 Å². The Morgan fingerprint density at radius 2 is 1.81 bits per heavy atom. The number of hydrogen-bond acceptors (Lipinski definition) is 5. The van der Waals surface area contributed by atoms with E-state index in [0.717, 1.165) is 9.13 Å². The van der Waals surface area contributed by atoms with Crippen molar-refractivity contribution in [3.8, 4) is 11.5 Å². The quantitative estimate of drug-likeness (QED) is 0.261. The summed E-state index contributed by atoms with van der Waals surface area (Å²) in [6.45, 7) is 10.0. The van der Waals surface area contributed by atoms with Crippen molar-refractivity contribution < 1.29 is 19.1 Å². The normalized spacial score (nSPS) is 12.1. The second-order valence-electron chi connectivity index (χ2n) is 7.73. The van der Waals surface area contributed by atoms with E-state index in [4.69, 9.17) is 9.47 Å². The van der Waals surface area contributed by atoms with Crippen molar-refractivity contribution in [3.63, 3.8) is 0 Å². The van der Waals surface area contributed by atoms with Crippen LogP contribution in [0.3, 0.4) is 0 Å². The Kier molecular flexibility index (Phi) is 9.96. The fourth-order valence-corrected chi connectivity index (χ4v) is 3.62. The highest BCUT2D eigenvalue weighted by Gasteiger charge is 2.24. The lowest BCUT2D eigenvalue weighted by Gasteiger charge is -2.20. The molecule has 0 bridgehead atoms. The minimum atomic E-state index is -0.721. The molecule has 1 unspecified atom stereocenters. The second-order valence-corrected chi connectivity index (χ2v) is 8.89. The van der Waals surface area contributed by atoms with Gasteiger partial charge >= 0.3 is 0 Å². The fourth-order valence-electron chi connectivity index (χ4n) is 2.86. The van der Waals surface area contributed by atoms with Gasteiger partial charge < -0.3 is 14.8 Å². The van der Waals surface area contributed by atoms with Gasteiger partial charge in [-0.05, 0) is 79.1 Å². The van der Waals surface area contributed by atoms with Crippen LogP contribution in [0.4, 0.5) is 0 Å². The molecule has 2 rings (SSSR count). The SMILES string of the molecule is CCOc1cc(C=NNC(=O)C(NC(=O)c2ccccc2)C(C)C)cc(I)c1OC(C)C. The van der Waals surface area contributed by atoms with Gasteiger partial charge in [0.2, 0.25) is 0 Å². The summed E-state index contributed by atoms with van der Waals surface area (Å²) in [5, 5.41) is 6.86. The molecule has 172 valence electrons. The molecule has 0 saturated heterocycles. The molecule has 0 spiro atoms. The summed E-state index contributed by atoms with van der Waals surface area (Å²) in [6, 6.07) is 11.8. The van der Waals surface area contributed by atoms with E-state index in [9.17, 15) is 9.59 Å². The zero-order valence-corrected chi connectivity index (χ0v) is 21.2. The number of benzene rings is 2. The van der Waals surface area contributed by atoms with Crippen LogP contribution in [0.2, 0.25) is 0 Å². The van der Waals surface area contributed by atoms with Crippen LogP contribution in [0.15, 0.2) is 47.6 Å². The van der Waals surface area contributed by atoms with E-state index >= 15 is 0 Å². The van der Waals surface area contributed by atoms with Gasteiger partial charge in [-0.25, -0.2) is 5.43 Å². The van der Waals surface area contributed by atoms with Crippen molar-refractivity contribution in [2.45, 2.75) is 46.8 Å². The Hall–Kier alpha value is -2.62. The lowest BCUT2D eigenvalue weighted by Crippen LogP contribution is -2.48. The smallest absolute Gasteiger partial charge is 0.262 e. The second kappa shape index (κ2) is 12.4. The molecule has 0 fully saturated rings. The van der Waals surface area contributed by atoms with Gasteiger partial charge in [0.25, 0.3) is 11.8 Å². The number of hydrazone groups is 1. The average Bonchev–Trinajstić information content (AvgIpc) is 2.74. The molecule has 2 aromatic carbocycles. The molecule has 1 atom stereocenters. The Balaban J connectivity index is 2.10. The first-order chi connectivity index (χ1) is 15.2. The van der Waals surface area contributed by atoms with Crippen LogP contribution in [0.25, 0.3) is 0 Å². The molecule has 0 aromatic heterocycles. The predicted molar refractivity (Wildman–Crippen MR) is 134 cm³/mol. The van der Waals surface area contributed by atoms with Crippen molar-refractivity contribution in [3.05, 3.63) is 57.2 Å². The van der Waals surface area contributed by atoms with Gasteiger partial charge in [0.05, 0.1) is 22.5 Å². The highest BCUT2D eigenvalue weighted by atomic mass is 127. The maximum Gasteiger partial charge on any atom is 0.262 e. The summed E-state index contributed by atoms with van der Waals surface area (Å²) in [4.78, 5) is 25.1. The van der Waals surface area contributed by atoms with Crippen molar-refractivity contribution in [2.75, 3.05) is 6.61 Å². The predicted octanol–water partition coefficient (Wildman–Crippen LogP) is 4.38. The molecular formula is C24H30IN3O4. The first-order valence-corrected chi connectivity index (χ1v) is 11.6. The van der Waals surface area contributed by atoms with Crippen molar-refractivity contribution in [2.24, 2.45) is 11.0 Å². The number of nitrogens with zero attached hydrogens (tertiary/aromatic N) is 1. The molecule has 2 amide bonds. The van der Waals surface area contributed by atoms with Gasteiger partial charge in [-0.2, -0.15) is 5.10 Å². The van der Waals surface area contributed by atoms with Gasteiger partial charge in [-0.3, -0.25) is 9.59 Å². The van der Waals surface area contributed by atoms with Crippen LogP contribution < -0.4 is 20.2 Å². The number of halogens is 1. The van der Waals surface area contributed by atoms with Crippen molar-refractivity contribution >= 4 is 40.6 Å². The zero-order valence-electron chi connectivity index (χ0n) is 19.0. The average molecular weight is 551 g/mol. The van der Waals surface area contributed by atoms with Crippen LogP contribution in [0.1, 0.15) is 50.5 Å². The van der Waals surface area contributed by atoms with Gasteiger partial charge in [0, 0.05) is 5.56 Å². The molecule has 0 radical (unpaired) electrons. The summed E-state index contributed by atoms with van der Waals surface area (Å²) in [7, 11) is 0. The molecule has 0 aliphatic rings. The van der Waals surface area contributed by atoms with Crippen LogP contribution in [0, 0.1) is 9.49 Å². The molecule has 32 heavy (non-hydrogen) atoms. The van der Waals surface area contributed by atoms with Crippen LogP contribution >= 0.6 is 22.6 Å². The van der Waals surface area contributed by atoms with E-state index in [1.54, 1.807) is 24.3 Å². The lowest BCUT2D eigenvalue weighted by atomic mass is 10.0. The standard InChI is InChI=1S/C24H30IN3O4/c1-6-31-20-13-17(12-19(25)22(20)32-16(4)5)14-26-28-24(30)21(15(2)3)27-23(29)18-10-8-7-9-11-18/h7-16,21H,6H2,1-5H3,(H,27,29)(H,28,30). The van der Waals surface area contributed by atoms with E-state index in [1.807, 2.05) is 52.8 Å². The summed E-state index contributed by atoms with van der Waals surface area (Å²) < 4.78 is 12.5. The fraction of sp³-hybridized carbons (Fsp3) is 0.375. The summed E-state index contributed by atoms with van der Waals surface area (Å²) in [5.41, 5.74) is 3.78. The topological polar surface area (TPSA) is 89.0 Å². The maximum absolute atomic E-state index is 12.7. The zero-order chi connectivity index (χ0) is 23.7. The number of amides is 2. The Morgan fingerprint density at radius 3 is 2.41 bits per heavy atom. The minimum absolute atomic E-state index is 0.0144. The monoisotopic (exact) mass is 551 g/mol. The Morgan fingerprint density at radius 1 is 1.12 bits per heavy atom. The lowest BCUT2D eigenvalue weighted by molar-refractivity contribution is -0.123. The largest absolute Gasteiger partial charge is 0.490 e. The molecule has 0 saturated carbocycles. The first-order valence-electron chi connectivity index (χ1n) is 10.5. The minimum Gasteiger partial charge on any atom is -0.490 e. The van der Waals surface area contributed by atoms with Gasteiger partial charge in [0.1, 0.15) is 6.04 Å². The van der Waals surface area contributed by atoms with E-state index in [2.05, 4.69) is 38.4 Å². The van der Waals surface area contributed by atoms with Gasteiger partial charge in [-0.15, -0.1) is 0 Å².